The van der Waals surface area contributed by atoms with Gasteiger partial charge in [0, 0.05) is 28.7 Å². The highest BCUT2D eigenvalue weighted by Crippen LogP contribution is 2.21. The third-order valence-electron chi connectivity index (χ3n) is 1.28. The molecule has 0 atom stereocenters. The molecule has 1 rings (SSSR count). The highest BCUT2D eigenvalue weighted by molar-refractivity contribution is 14.1. The van der Waals surface area contributed by atoms with Gasteiger partial charge in [0.05, 0.1) is 16.8 Å². The number of nitrogens with zero attached hydrogens (tertiary/aromatic N) is 2. The fraction of sp³-hybridized carbons (Fsp3) is 0.125. The number of furan rings is 1. The van der Waals surface area contributed by atoms with Crippen molar-refractivity contribution in [2.24, 2.45) is 5.10 Å². The highest BCUT2D eigenvalue weighted by atomic mass is 127. The Morgan fingerprint density at radius 1 is 1.87 bits per heavy atom. The monoisotopic (exact) mass is 381 g/mol. The molecule has 0 aliphatic rings. The molecule has 0 unspecified atom stereocenters. The second kappa shape index (κ2) is 5.87. The third-order valence-corrected chi connectivity index (χ3v) is 3.42. The van der Waals surface area contributed by atoms with E-state index in [4.69, 9.17) is 9.68 Å². The summed E-state index contributed by atoms with van der Waals surface area (Å²) < 4.78 is 6.76. The van der Waals surface area contributed by atoms with E-state index in [-0.39, 0.29) is 6.42 Å². The van der Waals surface area contributed by atoms with E-state index in [9.17, 15) is 4.79 Å². The lowest BCUT2D eigenvalue weighted by molar-refractivity contribution is -0.120. The van der Waals surface area contributed by atoms with E-state index in [1.165, 1.54) is 6.21 Å². The maximum atomic E-state index is 10.8. The number of hydrogen-bond donors (Lipinski definition) is 1. The number of hydrogen-bond acceptors (Lipinski definition) is 4. The van der Waals surface area contributed by atoms with Crippen molar-refractivity contribution < 1.29 is 9.21 Å². The minimum atomic E-state index is -0.450. The van der Waals surface area contributed by atoms with Crippen LogP contribution in [0, 0.1) is 15.1 Å². The van der Waals surface area contributed by atoms with Crippen molar-refractivity contribution in [1.82, 2.24) is 5.43 Å². The normalized spacial score (nSPS) is 10.2. The van der Waals surface area contributed by atoms with Crippen LogP contribution in [0.5, 0.6) is 0 Å². The first-order chi connectivity index (χ1) is 7.13. The molecule has 1 aromatic rings. The van der Waals surface area contributed by atoms with Crippen molar-refractivity contribution >= 4 is 50.6 Å². The molecule has 78 valence electrons. The summed E-state index contributed by atoms with van der Waals surface area (Å²) in [5.41, 5.74) is 2.19. The number of halogens is 2. The number of carbonyl (C=O) groups excluding carboxylic acids is 1. The van der Waals surface area contributed by atoms with Crippen LogP contribution < -0.4 is 5.43 Å². The Labute approximate surface area is 108 Å². The lowest BCUT2D eigenvalue weighted by Crippen LogP contribution is -2.15. The van der Waals surface area contributed by atoms with E-state index in [0.29, 0.717) is 9.53 Å². The molecule has 5 nitrogen and oxygen atoms in total. The van der Waals surface area contributed by atoms with E-state index < -0.39 is 5.91 Å². The molecule has 0 aliphatic heterocycles. The zero-order valence-electron chi connectivity index (χ0n) is 7.33. The van der Waals surface area contributed by atoms with Gasteiger partial charge in [-0.05, 0) is 15.9 Å². The summed E-state index contributed by atoms with van der Waals surface area (Å²) >= 11 is 5.29. The van der Waals surface area contributed by atoms with Gasteiger partial charge in [0.1, 0.15) is 12.2 Å². The van der Waals surface area contributed by atoms with Crippen molar-refractivity contribution in [1.29, 1.82) is 5.26 Å². The minimum Gasteiger partial charge on any atom is -0.448 e. The first kappa shape index (κ1) is 12.2. The Kier molecular flexibility index (Phi) is 4.77. The largest absolute Gasteiger partial charge is 0.448 e. The summed E-state index contributed by atoms with van der Waals surface area (Å²) in [4.78, 5) is 10.8. The predicted octanol–water partition coefficient (Wildman–Crippen LogP) is 2.01. The van der Waals surface area contributed by atoms with Crippen LogP contribution in [0.1, 0.15) is 12.2 Å². The van der Waals surface area contributed by atoms with Crippen LogP contribution in [-0.2, 0) is 4.79 Å². The van der Waals surface area contributed by atoms with Gasteiger partial charge in [-0.15, -0.1) is 0 Å². The lowest BCUT2D eigenvalue weighted by Gasteiger charge is -1.90. The molecule has 0 radical (unpaired) electrons. The molecule has 1 N–H and O–H groups in total. The molecule has 0 fully saturated rings. The maximum Gasteiger partial charge on any atom is 0.254 e. The van der Waals surface area contributed by atoms with Crippen molar-refractivity contribution in [3.8, 4) is 6.07 Å². The van der Waals surface area contributed by atoms with Crippen LogP contribution >= 0.6 is 38.5 Å². The van der Waals surface area contributed by atoms with Gasteiger partial charge in [-0.2, -0.15) is 10.4 Å². The van der Waals surface area contributed by atoms with Crippen LogP contribution in [0.2, 0.25) is 0 Å². The van der Waals surface area contributed by atoms with Gasteiger partial charge in [-0.3, -0.25) is 4.79 Å². The van der Waals surface area contributed by atoms with Crippen molar-refractivity contribution in [3.63, 3.8) is 0 Å². The number of rotatable bonds is 3. The van der Waals surface area contributed by atoms with Crippen molar-refractivity contribution in [3.05, 3.63) is 20.1 Å². The molecular formula is C8H5BrIN3O2. The zero-order chi connectivity index (χ0) is 11.3. The number of carbonyl (C=O) groups is 1. The first-order valence-electron chi connectivity index (χ1n) is 3.77. The first-order valence-corrected chi connectivity index (χ1v) is 5.64. The highest BCUT2D eigenvalue weighted by Gasteiger charge is 2.03. The van der Waals surface area contributed by atoms with Crippen LogP contribution in [0.3, 0.4) is 0 Å². The topological polar surface area (TPSA) is 78.4 Å². The van der Waals surface area contributed by atoms with Crippen molar-refractivity contribution in [2.45, 2.75) is 6.42 Å². The van der Waals surface area contributed by atoms with Gasteiger partial charge in [-0.1, -0.05) is 0 Å². The third kappa shape index (κ3) is 4.01. The van der Waals surface area contributed by atoms with E-state index in [0.717, 1.165) is 4.47 Å². The smallest absolute Gasteiger partial charge is 0.254 e. The number of nitriles is 1. The molecule has 15 heavy (non-hydrogen) atoms. The van der Waals surface area contributed by atoms with E-state index >= 15 is 0 Å². The molecule has 0 aromatic carbocycles. The van der Waals surface area contributed by atoms with Gasteiger partial charge in [0.15, 0.2) is 3.77 Å². The second-order valence-electron chi connectivity index (χ2n) is 2.40. The summed E-state index contributed by atoms with van der Waals surface area (Å²) in [6.45, 7) is 0. The standard InChI is InChI=1S/C8H5BrIN3O2/c9-6-3-5(15-8(6)10)4-12-13-7(14)1-2-11/h3-4H,1H2,(H,13,14)/b12-4-. The van der Waals surface area contributed by atoms with Crippen LogP contribution in [-0.4, -0.2) is 12.1 Å². The van der Waals surface area contributed by atoms with Gasteiger partial charge in [0.2, 0.25) is 0 Å². The molecule has 0 saturated heterocycles. The Morgan fingerprint density at radius 2 is 2.60 bits per heavy atom. The molecule has 1 heterocycles. The van der Waals surface area contributed by atoms with Crippen LogP contribution in [0.4, 0.5) is 0 Å². The number of hydrazone groups is 1. The Morgan fingerprint density at radius 3 is 3.13 bits per heavy atom. The fourth-order valence-electron chi connectivity index (χ4n) is 0.706. The summed E-state index contributed by atoms with van der Waals surface area (Å²) in [7, 11) is 0. The lowest BCUT2D eigenvalue weighted by atomic mass is 10.5. The molecule has 7 heteroatoms. The average Bonchev–Trinajstić information content (AvgIpc) is 2.46. The van der Waals surface area contributed by atoms with Gasteiger partial charge in [-0.25, -0.2) is 5.43 Å². The second-order valence-corrected chi connectivity index (χ2v) is 4.23. The summed E-state index contributed by atoms with van der Waals surface area (Å²) in [5.74, 6) is 0.0672. The molecular weight excluding hydrogens is 377 g/mol. The van der Waals surface area contributed by atoms with E-state index in [1.807, 2.05) is 22.6 Å². The molecule has 0 saturated carbocycles. The Hall–Kier alpha value is -0.880. The summed E-state index contributed by atoms with van der Waals surface area (Å²) in [6, 6.07) is 3.44. The van der Waals surface area contributed by atoms with Crippen molar-refractivity contribution in [2.75, 3.05) is 0 Å². The molecule has 1 aromatic heterocycles. The zero-order valence-corrected chi connectivity index (χ0v) is 11.1. The van der Waals surface area contributed by atoms with Crippen LogP contribution in [0.25, 0.3) is 0 Å². The molecule has 0 spiro atoms. The maximum absolute atomic E-state index is 10.8. The quantitative estimate of drug-likeness (QED) is 0.494. The minimum absolute atomic E-state index is 0.212. The average molecular weight is 382 g/mol. The fourth-order valence-corrected chi connectivity index (χ4v) is 1.42. The van der Waals surface area contributed by atoms with Gasteiger partial charge < -0.3 is 4.42 Å². The number of amides is 1. The SMILES string of the molecule is N#CCC(=O)N/N=C\c1cc(Br)c(I)o1. The Bertz CT molecular complexity index is 416. The molecule has 0 bridgehead atoms. The van der Waals surface area contributed by atoms with E-state index in [2.05, 4.69) is 26.5 Å². The van der Waals surface area contributed by atoms with Crippen LogP contribution in [0.15, 0.2) is 20.1 Å². The summed E-state index contributed by atoms with van der Waals surface area (Å²) in [6.07, 6.45) is 1.15. The van der Waals surface area contributed by atoms with Gasteiger partial charge >= 0.3 is 0 Å². The predicted molar refractivity (Wildman–Crippen MR) is 65.1 cm³/mol. The molecule has 0 aliphatic carbocycles. The Balaban J connectivity index is 2.52. The van der Waals surface area contributed by atoms with E-state index in [1.54, 1.807) is 12.1 Å². The molecule has 1 amide bonds. The van der Waals surface area contributed by atoms with Gasteiger partial charge in [0.25, 0.3) is 5.91 Å². The summed E-state index contributed by atoms with van der Waals surface area (Å²) in [5, 5.41) is 11.8. The number of nitrogens with one attached hydrogen (secondary N) is 1.